The normalized spacial score (nSPS) is 20.0. The summed E-state index contributed by atoms with van der Waals surface area (Å²) in [5.41, 5.74) is 0. The molecule has 0 radical (unpaired) electrons. The molecule has 0 aliphatic carbocycles. The van der Waals surface area contributed by atoms with E-state index >= 15 is 0 Å². The van der Waals surface area contributed by atoms with E-state index in [1.54, 1.807) is 6.08 Å². The molecule has 1 saturated heterocycles. The summed E-state index contributed by atoms with van der Waals surface area (Å²) in [6.07, 6.45) is 44.8. The van der Waals surface area contributed by atoms with Gasteiger partial charge in [-0.1, -0.05) is 165 Å². The number of esters is 1. The SMILES string of the molecule is CCCCC/C=C\C/C=C\CCCCCCCCCC(=O)OCCCCC/C=C\CCCCCCCC(=O)NC(COC1OC(CO)C(O)C(O)C1O)C(O)/C=C/CCCCCCCCC. The van der Waals surface area contributed by atoms with E-state index in [0.717, 1.165) is 103 Å². The summed E-state index contributed by atoms with van der Waals surface area (Å²) in [7, 11) is 0. The number of carbonyl (C=O) groups is 2. The lowest BCUT2D eigenvalue weighted by atomic mass is 9.99. The minimum absolute atomic E-state index is 0.0557. The number of aliphatic hydroxyl groups excluding tert-OH is 5. The van der Waals surface area contributed by atoms with E-state index in [0.29, 0.717) is 19.4 Å². The third kappa shape index (κ3) is 34.8. The van der Waals surface area contributed by atoms with Crippen LogP contribution in [0.2, 0.25) is 0 Å². The smallest absolute Gasteiger partial charge is 0.305 e. The number of allylic oxidation sites excluding steroid dienone is 7. The number of rotatable bonds is 45. The Bertz CT molecular complexity index is 1240. The van der Waals surface area contributed by atoms with Crippen LogP contribution in [0.5, 0.6) is 0 Å². The summed E-state index contributed by atoms with van der Waals surface area (Å²) in [4.78, 5) is 25.0. The Morgan fingerprint density at radius 2 is 1.02 bits per heavy atom. The predicted molar refractivity (Wildman–Crippen MR) is 269 cm³/mol. The highest BCUT2D eigenvalue weighted by atomic mass is 16.7. The van der Waals surface area contributed by atoms with Crippen molar-refractivity contribution in [3.8, 4) is 0 Å². The lowest BCUT2D eigenvalue weighted by molar-refractivity contribution is -0.302. The van der Waals surface area contributed by atoms with Crippen LogP contribution in [0.25, 0.3) is 0 Å². The molecule has 7 atom stereocenters. The van der Waals surface area contributed by atoms with E-state index in [9.17, 15) is 35.1 Å². The Hall–Kier alpha value is -2.38. The summed E-state index contributed by atoms with van der Waals surface area (Å²) in [6, 6.07) is -0.828. The number of hydrogen-bond acceptors (Lipinski definition) is 10. The quantitative estimate of drug-likeness (QED) is 0.0196. The zero-order valence-electron chi connectivity index (χ0n) is 41.9. The van der Waals surface area contributed by atoms with Gasteiger partial charge in [-0.3, -0.25) is 9.59 Å². The van der Waals surface area contributed by atoms with E-state index < -0.39 is 49.5 Å². The van der Waals surface area contributed by atoms with Gasteiger partial charge in [0.1, 0.15) is 24.4 Å². The van der Waals surface area contributed by atoms with Crippen molar-refractivity contribution in [2.24, 2.45) is 0 Å². The first-order valence-electron chi connectivity index (χ1n) is 26.9. The van der Waals surface area contributed by atoms with Crippen molar-refractivity contribution in [1.29, 1.82) is 0 Å². The third-order valence-electron chi connectivity index (χ3n) is 12.4. The molecule has 1 amide bonds. The molecule has 11 nitrogen and oxygen atoms in total. The van der Waals surface area contributed by atoms with Crippen LogP contribution in [-0.2, 0) is 23.8 Å². The Kier molecular flexibility index (Phi) is 42.1. The number of hydrogen-bond donors (Lipinski definition) is 6. The molecule has 7 unspecified atom stereocenters. The Morgan fingerprint density at radius 1 is 0.561 bits per heavy atom. The molecule has 384 valence electrons. The van der Waals surface area contributed by atoms with E-state index in [4.69, 9.17) is 14.2 Å². The van der Waals surface area contributed by atoms with Crippen molar-refractivity contribution in [3.05, 3.63) is 48.6 Å². The topological polar surface area (TPSA) is 175 Å². The van der Waals surface area contributed by atoms with Gasteiger partial charge in [-0.25, -0.2) is 0 Å². The van der Waals surface area contributed by atoms with Crippen LogP contribution in [-0.4, -0.2) is 100 Å². The molecule has 0 bridgehead atoms. The summed E-state index contributed by atoms with van der Waals surface area (Å²) in [6.45, 7) is 4.18. The van der Waals surface area contributed by atoms with Crippen LogP contribution in [0.1, 0.15) is 226 Å². The van der Waals surface area contributed by atoms with Crippen molar-refractivity contribution in [3.63, 3.8) is 0 Å². The maximum Gasteiger partial charge on any atom is 0.305 e. The zero-order valence-corrected chi connectivity index (χ0v) is 41.9. The van der Waals surface area contributed by atoms with Crippen LogP contribution >= 0.6 is 0 Å². The van der Waals surface area contributed by atoms with Gasteiger partial charge >= 0.3 is 5.97 Å². The van der Waals surface area contributed by atoms with Gasteiger partial charge in [0.15, 0.2) is 6.29 Å². The van der Waals surface area contributed by atoms with Crippen LogP contribution in [0, 0.1) is 0 Å². The average molecular weight is 934 g/mol. The van der Waals surface area contributed by atoms with Crippen LogP contribution < -0.4 is 5.32 Å². The molecule has 0 aromatic carbocycles. The van der Waals surface area contributed by atoms with Gasteiger partial charge in [0.05, 0.1) is 32.0 Å². The lowest BCUT2D eigenvalue weighted by Crippen LogP contribution is -2.60. The van der Waals surface area contributed by atoms with Crippen molar-refractivity contribution < 1.29 is 49.3 Å². The number of ether oxygens (including phenoxy) is 3. The summed E-state index contributed by atoms with van der Waals surface area (Å²) in [5.74, 6) is -0.268. The molecule has 0 aromatic heterocycles. The van der Waals surface area contributed by atoms with Crippen molar-refractivity contribution in [2.75, 3.05) is 19.8 Å². The second-order valence-corrected chi connectivity index (χ2v) is 18.6. The van der Waals surface area contributed by atoms with Crippen molar-refractivity contribution in [1.82, 2.24) is 5.32 Å². The molecule has 1 heterocycles. The van der Waals surface area contributed by atoms with Gasteiger partial charge in [0.25, 0.3) is 0 Å². The molecule has 0 spiro atoms. The fourth-order valence-corrected chi connectivity index (χ4v) is 8.04. The molecular weight excluding hydrogens is 835 g/mol. The molecule has 1 fully saturated rings. The van der Waals surface area contributed by atoms with Gasteiger partial charge in [-0.05, 0) is 96.3 Å². The van der Waals surface area contributed by atoms with E-state index in [1.165, 1.54) is 96.3 Å². The Morgan fingerprint density at radius 3 is 1.58 bits per heavy atom. The second kappa shape index (κ2) is 45.1. The molecule has 1 aliphatic heterocycles. The molecule has 6 N–H and O–H groups in total. The summed E-state index contributed by atoms with van der Waals surface area (Å²) < 4.78 is 16.6. The highest BCUT2D eigenvalue weighted by Crippen LogP contribution is 2.23. The van der Waals surface area contributed by atoms with E-state index in [2.05, 4.69) is 55.6 Å². The van der Waals surface area contributed by atoms with Gasteiger partial charge in [-0.15, -0.1) is 0 Å². The van der Waals surface area contributed by atoms with E-state index in [-0.39, 0.29) is 18.5 Å². The number of amides is 1. The number of carbonyl (C=O) groups excluding carboxylic acids is 2. The summed E-state index contributed by atoms with van der Waals surface area (Å²) >= 11 is 0. The molecule has 1 aliphatic rings. The predicted octanol–water partition coefficient (Wildman–Crippen LogP) is 11.3. The van der Waals surface area contributed by atoms with Gasteiger partial charge in [0, 0.05) is 12.8 Å². The second-order valence-electron chi connectivity index (χ2n) is 18.6. The first kappa shape index (κ1) is 61.6. The van der Waals surface area contributed by atoms with Crippen LogP contribution in [0.4, 0.5) is 0 Å². The maximum absolute atomic E-state index is 13.0. The highest BCUT2D eigenvalue weighted by molar-refractivity contribution is 5.76. The number of aliphatic hydroxyl groups is 5. The minimum atomic E-state index is -1.58. The number of nitrogens with one attached hydrogen (secondary N) is 1. The van der Waals surface area contributed by atoms with Gasteiger partial charge in [0.2, 0.25) is 5.91 Å². The molecule has 66 heavy (non-hydrogen) atoms. The van der Waals surface area contributed by atoms with Crippen LogP contribution in [0.15, 0.2) is 48.6 Å². The zero-order chi connectivity index (χ0) is 48.1. The first-order chi connectivity index (χ1) is 32.2. The van der Waals surface area contributed by atoms with Gasteiger partial charge in [-0.2, -0.15) is 0 Å². The first-order valence-corrected chi connectivity index (χ1v) is 26.9. The number of unbranched alkanes of at least 4 members (excludes halogenated alkanes) is 25. The summed E-state index contributed by atoms with van der Waals surface area (Å²) in [5, 5.41) is 54.1. The van der Waals surface area contributed by atoms with Crippen LogP contribution in [0.3, 0.4) is 0 Å². The maximum atomic E-state index is 13.0. The third-order valence-corrected chi connectivity index (χ3v) is 12.4. The minimum Gasteiger partial charge on any atom is -0.466 e. The average Bonchev–Trinajstić information content (AvgIpc) is 3.31. The standard InChI is InChI=1S/C55H99NO10/c1-3-5-7-9-11-13-14-15-16-17-18-19-23-27-31-35-39-43-51(60)64-44-40-36-32-28-24-21-20-22-26-30-34-38-42-50(59)56-47(48(58)41-37-33-29-25-12-10-8-6-4-2)46-65-55-54(63)53(62)52(61)49(45-57)66-55/h11,13,15-16,21,24,37,41,47-49,52-55,57-58,61-63H,3-10,12,14,17-20,22-23,25-36,38-40,42-46H2,1-2H3,(H,56,59)/b13-11-,16-15-,24-21-,41-37+. The molecule has 1 rings (SSSR count). The fourth-order valence-electron chi connectivity index (χ4n) is 8.04. The van der Waals surface area contributed by atoms with Crippen molar-refractivity contribution >= 4 is 11.9 Å². The largest absolute Gasteiger partial charge is 0.466 e. The molecular formula is C55H99NO10. The molecule has 11 heteroatoms. The lowest BCUT2D eigenvalue weighted by Gasteiger charge is -2.40. The Labute approximate surface area is 402 Å². The monoisotopic (exact) mass is 934 g/mol. The molecule has 0 saturated carbocycles. The molecule has 0 aromatic rings. The van der Waals surface area contributed by atoms with E-state index in [1.807, 2.05) is 6.08 Å². The van der Waals surface area contributed by atoms with Crippen molar-refractivity contribution in [2.45, 2.75) is 269 Å². The van der Waals surface area contributed by atoms with Gasteiger partial charge < -0.3 is 45.1 Å². The fraction of sp³-hybridized carbons (Fsp3) is 0.818. The Balaban J connectivity index is 2.12. The highest BCUT2D eigenvalue weighted by Gasteiger charge is 2.44.